The molecule has 0 saturated heterocycles. The van der Waals surface area contributed by atoms with Crippen molar-refractivity contribution in [3.8, 4) is 16.7 Å². The Kier molecular flexibility index (Phi) is 4.24. The topological polar surface area (TPSA) is 113 Å². The molecule has 4 aromatic rings. The van der Waals surface area contributed by atoms with E-state index in [9.17, 15) is 0 Å². The van der Waals surface area contributed by atoms with Crippen molar-refractivity contribution in [1.29, 1.82) is 0 Å². The van der Waals surface area contributed by atoms with Gasteiger partial charge in [0.2, 0.25) is 11.0 Å². The normalized spacial score (nSPS) is 12.6. The van der Waals surface area contributed by atoms with Crippen molar-refractivity contribution in [3.05, 3.63) is 40.9 Å². The minimum absolute atomic E-state index is 0.129. The largest absolute Gasteiger partial charge is 0.419 e. The van der Waals surface area contributed by atoms with Gasteiger partial charge in [-0.25, -0.2) is 9.36 Å². The average molecular weight is 388 g/mol. The van der Waals surface area contributed by atoms with Crippen LogP contribution in [0.2, 0.25) is 0 Å². The maximum absolute atomic E-state index is 6.17. The summed E-state index contributed by atoms with van der Waals surface area (Å²) in [7, 11) is 0. The lowest BCUT2D eigenvalue weighted by atomic mass is 10.4. The van der Waals surface area contributed by atoms with E-state index in [1.54, 1.807) is 16.0 Å². The van der Waals surface area contributed by atoms with Gasteiger partial charge in [-0.05, 0) is 38.3 Å². The molecule has 4 rings (SSSR count). The van der Waals surface area contributed by atoms with E-state index in [1.165, 1.54) is 16.4 Å². The van der Waals surface area contributed by atoms with Gasteiger partial charge in [0.25, 0.3) is 11.8 Å². The molecule has 4 heterocycles. The highest BCUT2D eigenvalue weighted by Crippen LogP contribution is 2.34. The molecule has 0 aromatic carbocycles. The van der Waals surface area contributed by atoms with Gasteiger partial charge in [0.15, 0.2) is 0 Å². The maximum atomic E-state index is 6.17. The highest BCUT2D eigenvalue weighted by atomic mass is 32.2. The third-order valence-electron chi connectivity index (χ3n) is 3.65. The SMILES string of the molecule is Cc1cc(C)n(-c2nnc(SC(C)c3nnc(-c4cccs4)o3)n2N)n1. The fourth-order valence-corrected chi connectivity index (χ4v) is 3.87. The molecular formula is C15H16N8OS2. The van der Waals surface area contributed by atoms with Crippen molar-refractivity contribution in [1.82, 2.24) is 34.9 Å². The number of thiophene rings is 1. The predicted octanol–water partition coefficient (Wildman–Crippen LogP) is 2.76. The third-order valence-corrected chi connectivity index (χ3v) is 5.55. The van der Waals surface area contributed by atoms with Gasteiger partial charge < -0.3 is 10.3 Å². The Morgan fingerprint density at radius 1 is 1.23 bits per heavy atom. The fraction of sp³-hybridized carbons (Fsp3) is 0.267. The summed E-state index contributed by atoms with van der Waals surface area (Å²) in [5, 5.41) is 23.3. The van der Waals surface area contributed by atoms with Gasteiger partial charge in [0, 0.05) is 5.69 Å². The monoisotopic (exact) mass is 388 g/mol. The summed E-state index contributed by atoms with van der Waals surface area (Å²) in [6, 6.07) is 5.84. The van der Waals surface area contributed by atoms with Crippen LogP contribution in [-0.2, 0) is 0 Å². The number of nitrogens with two attached hydrogens (primary N) is 1. The van der Waals surface area contributed by atoms with E-state index in [0.717, 1.165) is 16.3 Å². The van der Waals surface area contributed by atoms with Gasteiger partial charge in [-0.2, -0.15) is 5.10 Å². The van der Waals surface area contributed by atoms with E-state index in [-0.39, 0.29) is 5.25 Å². The zero-order chi connectivity index (χ0) is 18.3. The van der Waals surface area contributed by atoms with Crippen molar-refractivity contribution in [3.63, 3.8) is 0 Å². The second-order valence-corrected chi connectivity index (χ2v) is 7.93. The van der Waals surface area contributed by atoms with Crippen LogP contribution in [0.25, 0.3) is 16.7 Å². The van der Waals surface area contributed by atoms with Crippen molar-refractivity contribution >= 4 is 23.1 Å². The van der Waals surface area contributed by atoms with E-state index in [0.29, 0.717) is 22.9 Å². The summed E-state index contributed by atoms with van der Waals surface area (Å²) in [6.45, 7) is 5.81. The zero-order valence-electron chi connectivity index (χ0n) is 14.3. The summed E-state index contributed by atoms with van der Waals surface area (Å²) in [6.07, 6.45) is 0. The first-order valence-corrected chi connectivity index (χ1v) is 9.57. The summed E-state index contributed by atoms with van der Waals surface area (Å²) in [4.78, 5) is 0.940. The minimum Gasteiger partial charge on any atom is -0.419 e. The molecule has 0 saturated carbocycles. The lowest BCUT2D eigenvalue weighted by Gasteiger charge is -2.07. The number of thioether (sulfide) groups is 1. The number of aromatic nitrogens is 7. The van der Waals surface area contributed by atoms with Gasteiger partial charge in [0.05, 0.1) is 15.8 Å². The number of aryl methyl sites for hydroxylation is 2. The lowest BCUT2D eigenvalue weighted by molar-refractivity contribution is 0.509. The van der Waals surface area contributed by atoms with Crippen LogP contribution >= 0.6 is 23.1 Å². The number of nitrogen functional groups attached to an aromatic ring is 1. The second kappa shape index (κ2) is 6.57. The van der Waals surface area contributed by atoms with Gasteiger partial charge in [0.1, 0.15) is 0 Å². The first-order chi connectivity index (χ1) is 12.5. The maximum Gasteiger partial charge on any atom is 0.271 e. The number of hydrogen-bond donors (Lipinski definition) is 1. The molecule has 134 valence electrons. The molecule has 0 aliphatic rings. The highest BCUT2D eigenvalue weighted by molar-refractivity contribution is 7.99. The Balaban J connectivity index is 1.55. The van der Waals surface area contributed by atoms with E-state index < -0.39 is 0 Å². The van der Waals surface area contributed by atoms with Gasteiger partial charge >= 0.3 is 0 Å². The lowest BCUT2D eigenvalue weighted by Crippen LogP contribution is -2.17. The van der Waals surface area contributed by atoms with Crippen molar-refractivity contribution in [2.75, 3.05) is 5.84 Å². The third kappa shape index (κ3) is 2.99. The molecule has 9 nitrogen and oxygen atoms in total. The summed E-state index contributed by atoms with van der Waals surface area (Å²) >= 11 is 2.94. The molecule has 0 aliphatic heterocycles. The van der Waals surface area contributed by atoms with Crippen LogP contribution in [0.4, 0.5) is 0 Å². The van der Waals surface area contributed by atoms with Crippen LogP contribution in [0, 0.1) is 13.8 Å². The van der Waals surface area contributed by atoms with Crippen molar-refractivity contribution < 1.29 is 4.42 Å². The average Bonchev–Trinajstić information content (AvgIpc) is 3.37. The molecule has 4 aromatic heterocycles. The first kappa shape index (κ1) is 16.8. The predicted molar refractivity (Wildman–Crippen MR) is 98.7 cm³/mol. The van der Waals surface area contributed by atoms with E-state index in [4.69, 9.17) is 10.3 Å². The number of hydrogen-bond acceptors (Lipinski definition) is 9. The summed E-state index contributed by atoms with van der Waals surface area (Å²) in [5.74, 6) is 7.64. The van der Waals surface area contributed by atoms with E-state index in [1.807, 2.05) is 44.4 Å². The molecular weight excluding hydrogens is 372 g/mol. The minimum atomic E-state index is -0.129. The highest BCUT2D eigenvalue weighted by Gasteiger charge is 2.21. The number of nitrogens with zero attached hydrogens (tertiary/aromatic N) is 7. The smallest absolute Gasteiger partial charge is 0.271 e. The Labute approximate surface area is 157 Å². The summed E-state index contributed by atoms with van der Waals surface area (Å²) < 4.78 is 8.85. The van der Waals surface area contributed by atoms with Crippen LogP contribution in [-0.4, -0.2) is 34.9 Å². The summed E-state index contributed by atoms with van der Waals surface area (Å²) in [5.41, 5.74) is 1.82. The van der Waals surface area contributed by atoms with Gasteiger partial charge in [-0.3, -0.25) is 0 Å². The van der Waals surface area contributed by atoms with E-state index >= 15 is 0 Å². The molecule has 0 spiro atoms. The Hall–Kier alpha value is -2.66. The van der Waals surface area contributed by atoms with Crippen LogP contribution in [0.3, 0.4) is 0 Å². The molecule has 0 fully saturated rings. The Morgan fingerprint density at radius 2 is 2.08 bits per heavy atom. The van der Waals surface area contributed by atoms with E-state index in [2.05, 4.69) is 25.5 Å². The van der Waals surface area contributed by atoms with Gasteiger partial charge in [-0.15, -0.1) is 31.7 Å². The Morgan fingerprint density at radius 3 is 2.77 bits per heavy atom. The molecule has 1 atom stereocenters. The molecule has 0 bridgehead atoms. The van der Waals surface area contributed by atoms with Crippen molar-refractivity contribution in [2.24, 2.45) is 0 Å². The second-order valence-electron chi connectivity index (χ2n) is 5.67. The quantitative estimate of drug-likeness (QED) is 0.410. The molecule has 1 unspecified atom stereocenters. The van der Waals surface area contributed by atoms with Crippen LogP contribution in [0.15, 0.2) is 33.2 Å². The molecule has 2 N–H and O–H groups in total. The van der Waals surface area contributed by atoms with Crippen LogP contribution < -0.4 is 5.84 Å². The van der Waals surface area contributed by atoms with Gasteiger partial charge in [-0.1, -0.05) is 17.8 Å². The van der Waals surface area contributed by atoms with Crippen LogP contribution in [0.5, 0.6) is 0 Å². The molecule has 0 aliphatic carbocycles. The van der Waals surface area contributed by atoms with Crippen LogP contribution in [0.1, 0.15) is 29.5 Å². The zero-order valence-corrected chi connectivity index (χ0v) is 16.0. The standard InChI is InChI=1S/C15H16N8OS2/c1-8-7-9(2)23(21-8)14-19-20-15(22(14)16)26-10(3)12-17-18-13(24-12)11-5-4-6-25-11/h4-7,10H,16H2,1-3H3. The van der Waals surface area contributed by atoms with Crippen molar-refractivity contribution in [2.45, 2.75) is 31.2 Å². The molecule has 11 heteroatoms. The molecule has 0 radical (unpaired) electrons. The first-order valence-electron chi connectivity index (χ1n) is 7.81. The Bertz CT molecular complexity index is 1030. The number of rotatable bonds is 5. The molecule has 26 heavy (non-hydrogen) atoms. The molecule has 0 amide bonds. The fourth-order valence-electron chi connectivity index (χ4n) is 2.43.